The molecule has 0 saturated heterocycles. The Balaban J connectivity index is 2.08. The van der Waals surface area contributed by atoms with Gasteiger partial charge in [0.1, 0.15) is 5.82 Å². The molecule has 0 aromatic heterocycles. The molecule has 0 spiro atoms. The maximum atomic E-state index is 13.4. The van der Waals surface area contributed by atoms with E-state index in [1.54, 1.807) is 0 Å². The molecular formula is C13H13F4NO2. The molecule has 0 bridgehead atoms. The first-order valence-corrected chi connectivity index (χ1v) is 6.12. The van der Waals surface area contributed by atoms with Crippen LogP contribution in [0.5, 0.6) is 0 Å². The van der Waals surface area contributed by atoms with Gasteiger partial charge in [0.15, 0.2) is 0 Å². The lowest BCUT2D eigenvalue weighted by molar-refractivity contribution is -0.137. The van der Waals surface area contributed by atoms with E-state index in [-0.39, 0.29) is 12.5 Å². The van der Waals surface area contributed by atoms with E-state index in [1.807, 2.05) is 0 Å². The molecule has 1 aromatic rings. The highest BCUT2D eigenvalue weighted by molar-refractivity contribution is 5.94. The Morgan fingerprint density at radius 1 is 1.40 bits per heavy atom. The molecule has 20 heavy (non-hydrogen) atoms. The van der Waals surface area contributed by atoms with E-state index in [2.05, 4.69) is 5.32 Å². The smallest absolute Gasteiger partial charge is 0.391 e. The summed E-state index contributed by atoms with van der Waals surface area (Å²) < 4.78 is 50.9. The van der Waals surface area contributed by atoms with Crippen LogP contribution in [0.3, 0.4) is 0 Å². The monoisotopic (exact) mass is 291 g/mol. The zero-order valence-electron chi connectivity index (χ0n) is 10.4. The number of carbonyl (C=O) groups excluding carboxylic acids is 1. The third kappa shape index (κ3) is 3.47. The van der Waals surface area contributed by atoms with Crippen LogP contribution in [0.2, 0.25) is 0 Å². The van der Waals surface area contributed by atoms with Gasteiger partial charge in [-0.15, -0.1) is 0 Å². The number of hydrogen-bond donors (Lipinski definition) is 2. The molecule has 0 radical (unpaired) electrons. The lowest BCUT2D eigenvalue weighted by atomic mass is 10.1. The fourth-order valence-corrected chi connectivity index (χ4v) is 1.82. The molecule has 0 aliphatic heterocycles. The van der Waals surface area contributed by atoms with Crippen molar-refractivity contribution in [3.05, 3.63) is 35.1 Å². The van der Waals surface area contributed by atoms with E-state index in [0.29, 0.717) is 18.2 Å². The summed E-state index contributed by atoms with van der Waals surface area (Å²) >= 11 is 0. The van der Waals surface area contributed by atoms with Gasteiger partial charge >= 0.3 is 6.18 Å². The molecule has 1 fully saturated rings. The topological polar surface area (TPSA) is 49.3 Å². The van der Waals surface area contributed by atoms with Crippen molar-refractivity contribution in [3.63, 3.8) is 0 Å². The number of carbonyl (C=O) groups is 1. The van der Waals surface area contributed by atoms with Crippen molar-refractivity contribution in [2.45, 2.75) is 25.1 Å². The third-order valence-corrected chi connectivity index (χ3v) is 3.18. The van der Waals surface area contributed by atoms with Gasteiger partial charge in [-0.2, -0.15) is 13.2 Å². The van der Waals surface area contributed by atoms with Crippen LogP contribution in [0.15, 0.2) is 18.2 Å². The van der Waals surface area contributed by atoms with Crippen molar-refractivity contribution < 1.29 is 27.5 Å². The number of halogens is 4. The summed E-state index contributed by atoms with van der Waals surface area (Å²) in [5, 5.41) is 11.8. The number of benzene rings is 1. The van der Waals surface area contributed by atoms with E-state index < -0.39 is 35.1 Å². The van der Waals surface area contributed by atoms with E-state index in [4.69, 9.17) is 0 Å². The van der Waals surface area contributed by atoms with Gasteiger partial charge in [-0.3, -0.25) is 4.79 Å². The summed E-state index contributed by atoms with van der Waals surface area (Å²) in [6, 6.07) is 1.65. The molecule has 110 valence electrons. The minimum absolute atomic E-state index is 0.0980. The van der Waals surface area contributed by atoms with E-state index >= 15 is 0 Å². The Morgan fingerprint density at radius 2 is 2.05 bits per heavy atom. The summed E-state index contributed by atoms with van der Waals surface area (Å²) in [4.78, 5) is 11.7. The molecule has 1 atom stereocenters. The van der Waals surface area contributed by atoms with E-state index in [1.165, 1.54) is 0 Å². The Hall–Kier alpha value is -1.63. The highest BCUT2D eigenvalue weighted by Crippen LogP contribution is 2.32. The average Bonchev–Trinajstić information content (AvgIpc) is 3.18. The van der Waals surface area contributed by atoms with Crippen LogP contribution in [-0.2, 0) is 6.18 Å². The molecule has 2 rings (SSSR count). The normalized spacial score (nSPS) is 16.9. The number of alkyl halides is 3. The van der Waals surface area contributed by atoms with E-state index in [9.17, 15) is 27.5 Å². The average molecular weight is 291 g/mol. The first-order chi connectivity index (χ1) is 9.29. The van der Waals surface area contributed by atoms with Crippen LogP contribution in [0.1, 0.15) is 28.8 Å². The standard InChI is InChI=1S/C13H13F4NO2/c14-10-4-3-8(13(15,16)17)5-9(10)12(20)18-6-11(19)7-1-2-7/h3-5,7,11,19H,1-2,6H2,(H,18,20). The molecular weight excluding hydrogens is 278 g/mol. The maximum absolute atomic E-state index is 13.4. The van der Waals surface area contributed by atoms with Gasteiger partial charge in [0.2, 0.25) is 0 Å². The van der Waals surface area contributed by atoms with Crippen molar-refractivity contribution >= 4 is 5.91 Å². The zero-order valence-corrected chi connectivity index (χ0v) is 10.4. The predicted molar refractivity (Wildman–Crippen MR) is 62.5 cm³/mol. The minimum atomic E-state index is -4.64. The van der Waals surface area contributed by atoms with Gasteiger partial charge in [-0.25, -0.2) is 4.39 Å². The fraction of sp³-hybridized carbons (Fsp3) is 0.462. The van der Waals surface area contributed by atoms with Crippen LogP contribution in [-0.4, -0.2) is 23.7 Å². The molecule has 0 heterocycles. The molecule has 7 heteroatoms. The third-order valence-electron chi connectivity index (χ3n) is 3.18. The van der Waals surface area contributed by atoms with E-state index in [0.717, 1.165) is 12.8 Å². The number of aliphatic hydroxyl groups excluding tert-OH is 1. The Labute approximate surface area is 112 Å². The van der Waals surface area contributed by atoms with Gasteiger partial charge < -0.3 is 10.4 Å². The lowest BCUT2D eigenvalue weighted by Crippen LogP contribution is -2.33. The van der Waals surface area contributed by atoms with Crippen LogP contribution in [0.4, 0.5) is 17.6 Å². The predicted octanol–water partition coefficient (Wildman–Crippen LogP) is 2.35. The summed E-state index contributed by atoms with van der Waals surface area (Å²) in [6.07, 6.45) is -3.67. The summed E-state index contributed by atoms with van der Waals surface area (Å²) in [6.45, 7) is -0.0980. The second-order valence-electron chi connectivity index (χ2n) is 4.81. The molecule has 1 aromatic carbocycles. The molecule has 1 amide bonds. The van der Waals surface area contributed by atoms with Gasteiger partial charge in [-0.1, -0.05) is 0 Å². The van der Waals surface area contributed by atoms with Crippen molar-refractivity contribution in [3.8, 4) is 0 Å². The first-order valence-electron chi connectivity index (χ1n) is 6.12. The van der Waals surface area contributed by atoms with Gasteiger partial charge in [-0.05, 0) is 37.0 Å². The minimum Gasteiger partial charge on any atom is -0.391 e. The second-order valence-corrected chi connectivity index (χ2v) is 4.81. The number of nitrogens with one attached hydrogen (secondary N) is 1. The SMILES string of the molecule is O=C(NCC(O)C1CC1)c1cc(C(F)(F)F)ccc1F. The first kappa shape index (κ1) is 14.8. The molecule has 2 N–H and O–H groups in total. The quantitative estimate of drug-likeness (QED) is 0.837. The van der Waals surface area contributed by atoms with Crippen LogP contribution >= 0.6 is 0 Å². The Bertz CT molecular complexity index is 512. The molecule has 1 aliphatic rings. The van der Waals surface area contributed by atoms with Crippen molar-refractivity contribution in [2.24, 2.45) is 5.92 Å². The fourth-order valence-electron chi connectivity index (χ4n) is 1.82. The second kappa shape index (κ2) is 5.40. The number of hydrogen-bond acceptors (Lipinski definition) is 2. The van der Waals surface area contributed by atoms with Crippen LogP contribution in [0, 0.1) is 11.7 Å². The van der Waals surface area contributed by atoms with Crippen molar-refractivity contribution in [1.29, 1.82) is 0 Å². The summed E-state index contributed by atoms with van der Waals surface area (Å²) in [5.74, 6) is -1.88. The molecule has 1 unspecified atom stereocenters. The summed E-state index contributed by atoms with van der Waals surface area (Å²) in [5.41, 5.74) is -1.77. The highest BCUT2D eigenvalue weighted by Gasteiger charge is 2.32. The number of amides is 1. The van der Waals surface area contributed by atoms with Crippen LogP contribution in [0.25, 0.3) is 0 Å². The molecule has 1 aliphatic carbocycles. The molecule has 3 nitrogen and oxygen atoms in total. The number of rotatable bonds is 4. The van der Waals surface area contributed by atoms with Gasteiger partial charge in [0, 0.05) is 6.54 Å². The van der Waals surface area contributed by atoms with Gasteiger partial charge in [0.25, 0.3) is 5.91 Å². The summed E-state index contributed by atoms with van der Waals surface area (Å²) in [7, 11) is 0. The van der Waals surface area contributed by atoms with Gasteiger partial charge in [0.05, 0.1) is 17.2 Å². The largest absolute Gasteiger partial charge is 0.416 e. The lowest BCUT2D eigenvalue weighted by Gasteiger charge is -2.12. The van der Waals surface area contributed by atoms with Crippen molar-refractivity contribution in [1.82, 2.24) is 5.32 Å². The Morgan fingerprint density at radius 3 is 2.60 bits per heavy atom. The molecule has 1 saturated carbocycles. The van der Waals surface area contributed by atoms with Crippen molar-refractivity contribution in [2.75, 3.05) is 6.54 Å². The zero-order chi connectivity index (χ0) is 14.9. The van der Waals surface area contributed by atoms with Crippen LogP contribution < -0.4 is 5.32 Å². The number of aliphatic hydroxyl groups is 1. The highest BCUT2D eigenvalue weighted by atomic mass is 19.4. The maximum Gasteiger partial charge on any atom is 0.416 e. The Kier molecular flexibility index (Phi) is 3.99.